The van der Waals surface area contributed by atoms with Crippen LogP contribution in [0.5, 0.6) is 0 Å². The maximum Gasteiger partial charge on any atom is 0.263 e. The Kier molecular flexibility index (Phi) is 5.64. The number of benzene rings is 1. The van der Waals surface area contributed by atoms with Crippen LogP contribution in [0.25, 0.3) is 0 Å². The minimum Gasteiger partial charge on any atom is -0.349 e. The number of nitrogens with zero attached hydrogens (tertiary/aromatic N) is 1. The van der Waals surface area contributed by atoms with E-state index in [0.29, 0.717) is 6.54 Å². The van der Waals surface area contributed by atoms with E-state index >= 15 is 0 Å². The number of aromatic nitrogens is 1. The Morgan fingerprint density at radius 2 is 1.76 bits per heavy atom. The predicted octanol–water partition coefficient (Wildman–Crippen LogP) is 3.49. The van der Waals surface area contributed by atoms with E-state index in [0.717, 1.165) is 31.2 Å². The van der Waals surface area contributed by atoms with Gasteiger partial charge in [0, 0.05) is 12.2 Å². The second kappa shape index (κ2) is 8.10. The van der Waals surface area contributed by atoms with Gasteiger partial charge in [-0.25, -0.2) is 4.39 Å². The number of halogens is 1. The number of hydrogen-bond acceptors (Lipinski definition) is 2. The number of amides is 1. The fraction of sp³-hybridized carbons (Fsp3) is 0.400. The van der Waals surface area contributed by atoms with Crippen molar-refractivity contribution in [2.75, 3.05) is 0 Å². The molecular weight excluding hydrogens is 319 g/mol. The molecule has 0 spiro atoms. The van der Waals surface area contributed by atoms with E-state index in [2.05, 4.69) is 5.32 Å². The molecule has 1 aliphatic rings. The maximum atomic E-state index is 13.0. The summed E-state index contributed by atoms with van der Waals surface area (Å²) < 4.78 is 14.5. The fourth-order valence-corrected chi connectivity index (χ4v) is 3.31. The molecular formula is C20H23FN2O2. The van der Waals surface area contributed by atoms with Crippen LogP contribution in [0.4, 0.5) is 4.39 Å². The lowest BCUT2D eigenvalue weighted by Crippen LogP contribution is -2.38. The average Bonchev–Trinajstić information content (AvgIpc) is 2.87. The first-order chi connectivity index (χ1) is 12.1. The molecule has 2 aromatic rings. The van der Waals surface area contributed by atoms with E-state index in [-0.39, 0.29) is 28.9 Å². The standard InChI is InChI=1S/C20H23FN2O2/c21-16-11-9-15(10-12-16)14-23-13-5-8-18(20(23)25)19(24)22-17-6-3-1-2-4-7-17/h5,8-13,17H,1-4,6-7,14H2,(H,22,24). The van der Waals surface area contributed by atoms with Gasteiger partial charge in [0.25, 0.3) is 11.5 Å². The summed E-state index contributed by atoms with van der Waals surface area (Å²) >= 11 is 0. The van der Waals surface area contributed by atoms with Crippen LogP contribution < -0.4 is 10.9 Å². The number of pyridine rings is 1. The molecule has 3 rings (SSSR count). The van der Waals surface area contributed by atoms with E-state index < -0.39 is 0 Å². The number of rotatable bonds is 4. The molecule has 0 aliphatic heterocycles. The van der Waals surface area contributed by atoms with Crippen molar-refractivity contribution in [1.82, 2.24) is 9.88 Å². The van der Waals surface area contributed by atoms with E-state index in [9.17, 15) is 14.0 Å². The molecule has 1 aromatic carbocycles. The van der Waals surface area contributed by atoms with Crippen molar-refractivity contribution >= 4 is 5.91 Å². The van der Waals surface area contributed by atoms with E-state index in [1.54, 1.807) is 30.5 Å². The summed E-state index contributed by atoms with van der Waals surface area (Å²) in [6.07, 6.45) is 8.26. The van der Waals surface area contributed by atoms with Crippen molar-refractivity contribution in [1.29, 1.82) is 0 Å². The molecule has 1 aliphatic carbocycles. The monoisotopic (exact) mass is 342 g/mol. The zero-order valence-corrected chi connectivity index (χ0v) is 14.2. The molecule has 1 saturated carbocycles. The topological polar surface area (TPSA) is 51.1 Å². The lowest BCUT2D eigenvalue weighted by molar-refractivity contribution is 0.0931. The molecule has 4 nitrogen and oxygen atoms in total. The Morgan fingerprint density at radius 1 is 1.08 bits per heavy atom. The Labute approximate surface area is 146 Å². The molecule has 0 unspecified atom stereocenters. The quantitative estimate of drug-likeness (QED) is 0.865. The van der Waals surface area contributed by atoms with Crippen LogP contribution in [0.3, 0.4) is 0 Å². The first-order valence-electron chi connectivity index (χ1n) is 8.88. The highest BCUT2D eigenvalue weighted by molar-refractivity contribution is 5.93. The zero-order valence-electron chi connectivity index (χ0n) is 14.2. The smallest absolute Gasteiger partial charge is 0.263 e. The van der Waals surface area contributed by atoms with Crippen LogP contribution in [0.1, 0.15) is 54.4 Å². The third kappa shape index (κ3) is 4.56. The van der Waals surface area contributed by atoms with Crippen LogP contribution in [0, 0.1) is 5.82 Å². The number of hydrogen-bond donors (Lipinski definition) is 1. The maximum absolute atomic E-state index is 13.0. The van der Waals surface area contributed by atoms with E-state index in [1.807, 2.05) is 0 Å². The summed E-state index contributed by atoms with van der Waals surface area (Å²) in [5.74, 6) is -0.613. The molecule has 132 valence electrons. The third-order valence-corrected chi connectivity index (χ3v) is 4.72. The van der Waals surface area contributed by atoms with Gasteiger partial charge in [-0.1, -0.05) is 37.8 Å². The second-order valence-corrected chi connectivity index (χ2v) is 6.64. The minimum absolute atomic E-state index is 0.153. The Balaban J connectivity index is 1.74. The average molecular weight is 342 g/mol. The Bertz CT molecular complexity index is 775. The Hall–Kier alpha value is -2.43. The van der Waals surface area contributed by atoms with Crippen molar-refractivity contribution in [2.24, 2.45) is 0 Å². The van der Waals surface area contributed by atoms with Crippen LogP contribution in [0.2, 0.25) is 0 Å². The first kappa shape index (κ1) is 17.4. The van der Waals surface area contributed by atoms with Gasteiger partial charge in [-0.05, 0) is 42.7 Å². The van der Waals surface area contributed by atoms with Gasteiger partial charge in [0.1, 0.15) is 11.4 Å². The first-order valence-corrected chi connectivity index (χ1v) is 8.88. The molecule has 1 heterocycles. The van der Waals surface area contributed by atoms with Gasteiger partial charge in [-0.2, -0.15) is 0 Å². The lowest BCUT2D eigenvalue weighted by Gasteiger charge is -2.16. The lowest BCUT2D eigenvalue weighted by atomic mass is 10.1. The molecule has 0 saturated heterocycles. The Morgan fingerprint density at radius 3 is 2.44 bits per heavy atom. The van der Waals surface area contributed by atoms with Crippen LogP contribution in [-0.2, 0) is 6.54 Å². The molecule has 1 fully saturated rings. The van der Waals surface area contributed by atoms with Crippen molar-refractivity contribution in [3.63, 3.8) is 0 Å². The molecule has 1 amide bonds. The molecule has 0 radical (unpaired) electrons. The molecule has 0 atom stereocenters. The van der Waals surface area contributed by atoms with Gasteiger partial charge in [0.15, 0.2) is 0 Å². The number of carbonyl (C=O) groups excluding carboxylic acids is 1. The van der Waals surface area contributed by atoms with Gasteiger partial charge in [-0.3, -0.25) is 9.59 Å². The summed E-state index contributed by atoms with van der Waals surface area (Å²) in [7, 11) is 0. The van der Waals surface area contributed by atoms with Gasteiger partial charge in [0.05, 0.1) is 6.54 Å². The summed E-state index contributed by atoms with van der Waals surface area (Å²) in [5, 5.41) is 3.01. The van der Waals surface area contributed by atoms with Gasteiger partial charge in [0.2, 0.25) is 0 Å². The van der Waals surface area contributed by atoms with Crippen LogP contribution in [0.15, 0.2) is 47.4 Å². The highest BCUT2D eigenvalue weighted by atomic mass is 19.1. The van der Waals surface area contributed by atoms with Crippen LogP contribution >= 0.6 is 0 Å². The van der Waals surface area contributed by atoms with E-state index in [1.165, 1.54) is 29.5 Å². The van der Waals surface area contributed by atoms with Crippen molar-refractivity contribution in [3.8, 4) is 0 Å². The highest BCUT2D eigenvalue weighted by Gasteiger charge is 2.18. The summed E-state index contributed by atoms with van der Waals surface area (Å²) in [6, 6.07) is 9.43. The second-order valence-electron chi connectivity index (χ2n) is 6.64. The highest BCUT2D eigenvalue weighted by Crippen LogP contribution is 2.17. The molecule has 1 aromatic heterocycles. The molecule has 25 heavy (non-hydrogen) atoms. The van der Waals surface area contributed by atoms with Crippen molar-refractivity contribution in [2.45, 2.75) is 51.1 Å². The summed E-state index contributed by atoms with van der Waals surface area (Å²) in [5.41, 5.74) is 0.650. The largest absolute Gasteiger partial charge is 0.349 e. The SMILES string of the molecule is O=C(NC1CCCCCC1)c1cccn(Cc2ccc(F)cc2)c1=O. The molecule has 5 heteroatoms. The predicted molar refractivity (Wildman–Crippen MR) is 95.2 cm³/mol. The normalized spacial score (nSPS) is 15.6. The minimum atomic E-state index is -0.321. The van der Waals surface area contributed by atoms with Crippen molar-refractivity contribution < 1.29 is 9.18 Å². The third-order valence-electron chi connectivity index (χ3n) is 4.72. The fourth-order valence-electron chi connectivity index (χ4n) is 3.31. The van der Waals surface area contributed by atoms with Crippen LogP contribution in [-0.4, -0.2) is 16.5 Å². The number of carbonyl (C=O) groups is 1. The van der Waals surface area contributed by atoms with Gasteiger partial charge < -0.3 is 9.88 Å². The summed E-state index contributed by atoms with van der Waals surface area (Å²) in [4.78, 5) is 25.1. The zero-order chi connectivity index (χ0) is 17.6. The van der Waals surface area contributed by atoms with E-state index in [4.69, 9.17) is 0 Å². The van der Waals surface area contributed by atoms with Crippen molar-refractivity contribution in [3.05, 3.63) is 69.9 Å². The van der Waals surface area contributed by atoms with Gasteiger partial charge >= 0.3 is 0 Å². The molecule has 1 N–H and O–H groups in total. The molecule has 0 bridgehead atoms. The summed E-state index contributed by atoms with van der Waals surface area (Å²) in [6.45, 7) is 0.309. The number of nitrogens with one attached hydrogen (secondary N) is 1. The van der Waals surface area contributed by atoms with Gasteiger partial charge in [-0.15, -0.1) is 0 Å².